The second kappa shape index (κ2) is 10.2. The van der Waals surface area contributed by atoms with Crippen LogP contribution in [0.4, 0.5) is 0 Å². The van der Waals surface area contributed by atoms with E-state index in [-0.39, 0.29) is 61.2 Å². The van der Waals surface area contributed by atoms with Crippen LogP contribution >= 0.6 is 12.4 Å². The predicted molar refractivity (Wildman–Crippen MR) is 43.5 cm³/mol. The van der Waals surface area contributed by atoms with Crippen LogP contribution in [0.25, 0.3) is 0 Å². The van der Waals surface area contributed by atoms with Gasteiger partial charge in [-0.3, -0.25) is 9.59 Å². The van der Waals surface area contributed by atoms with Crippen molar-refractivity contribution >= 4 is 53.9 Å². The van der Waals surface area contributed by atoms with Crippen molar-refractivity contribution in [3.8, 4) is 0 Å². The minimum absolute atomic E-state index is 0. The van der Waals surface area contributed by atoms with Gasteiger partial charge in [0, 0.05) is 12.8 Å². The fraction of sp³-hybridized carbons (Fsp3) is 0.600. The summed E-state index contributed by atoms with van der Waals surface area (Å²) in [6.45, 7) is 0. The third-order valence-corrected chi connectivity index (χ3v) is 0.781. The van der Waals surface area contributed by atoms with Gasteiger partial charge in [0.2, 0.25) is 0 Å². The molecule has 0 aromatic heterocycles. The molecule has 0 rings (SSSR count). The minimum atomic E-state index is -0.948. The van der Waals surface area contributed by atoms with Gasteiger partial charge in [-0.2, -0.15) is 0 Å². The summed E-state index contributed by atoms with van der Waals surface area (Å²) in [5.74, 6) is -1.90. The third-order valence-electron chi connectivity index (χ3n) is 0.781. The van der Waals surface area contributed by atoms with E-state index in [1.807, 2.05) is 0 Å². The van der Waals surface area contributed by atoms with Gasteiger partial charge < -0.3 is 10.2 Å². The van der Waals surface area contributed by atoms with Crippen LogP contribution in [0, 0.1) is 0 Å². The van der Waals surface area contributed by atoms with Crippen LogP contribution in [0.5, 0.6) is 0 Å². The van der Waals surface area contributed by atoms with Crippen molar-refractivity contribution in [3.63, 3.8) is 0 Å². The first-order valence-electron chi connectivity index (χ1n) is 2.56. The van der Waals surface area contributed by atoms with Gasteiger partial charge in [-0.1, -0.05) is 0 Å². The van der Waals surface area contributed by atoms with E-state index < -0.39 is 11.9 Å². The van der Waals surface area contributed by atoms with E-state index in [0.717, 1.165) is 0 Å². The summed E-state index contributed by atoms with van der Waals surface area (Å²) < 4.78 is 0. The summed E-state index contributed by atoms with van der Waals surface area (Å²) in [7, 11) is 0. The Balaban J connectivity index is -0.000000320. The van der Waals surface area contributed by atoms with Gasteiger partial charge >= 0.3 is 41.5 Å². The Bertz CT molecular complexity index is 114. The number of carboxylic acids is 2. The normalized spacial score (nSPS) is 7.27. The zero-order valence-electron chi connectivity index (χ0n) is 5.24. The molecule has 0 amide bonds. The monoisotopic (exact) mass is 192 g/mol. The number of aliphatic carboxylic acids is 2. The van der Waals surface area contributed by atoms with E-state index in [1.165, 1.54) is 0 Å². The molecule has 0 aromatic carbocycles. The van der Waals surface area contributed by atoms with Crippen LogP contribution in [0.1, 0.15) is 19.3 Å². The Morgan fingerprint density at radius 2 is 1.27 bits per heavy atom. The molecule has 0 aliphatic carbocycles. The van der Waals surface area contributed by atoms with Crippen molar-refractivity contribution in [1.29, 1.82) is 0 Å². The van der Waals surface area contributed by atoms with E-state index in [0.29, 0.717) is 0 Å². The molecule has 0 fully saturated rings. The number of hydrogen-bond donors (Lipinski definition) is 2. The van der Waals surface area contributed by atoms with Gasteiger partial charge in [-0.25, -0.2) is 0 Å². The average Bonchev–Trinajstić information content (AvgIpc) is 1.63. The van der Waals surface area contributed by atoms with Crippen molar-refractivity contribution in [3.05, 3.63) is 0 Å². The summed E-state index contributed by atoms with van der Waals surface area (Å²) in [5.41, 5.74) is 0. The quantitative estimate of drug-likeness (QED) is 0.620. The molecule has 0 aliphatic rings. The zero-order valence-corrected chi connectivity index (χ0v) is 6.06. The van der Waals surface area contributed by atoms with Gasteiger partial charge in [-0.15, -0.1) is 12.4 Å². The van der Waals surface area contributed by atoms with E-state index in [2.05, 4.69) is 0 Å². The maximum atomic E-state index is 9.79. The van der Waals surface area contributed by atoms with Gasteiger partial charge in [0.15, 0.2) is 0 Å². The first kappa shape index (κ1) is 17.4. The summed E-state index contributed by atoms with van der Waals surface area (Å²) in [4.78, 5) is 19.6. The van der Waals surface area contributed by atoms with Crippen LogP contribution in [0.3, 0.4) is 0 Å². The van der Waals surface area contributed by atoms with Crippen molar-refractivity contribution < 1.29 is 19.8 Å². The maximum absolute atomic E-state index is 9.79. The summed E-state index contributed by atoms with van der Waals surface area (Å²) in [6.07, 6.45) is 0.0866. The Morgan fingerprint density at radius 1 is 1.00 bits per heavy atom. The Morgan fingerprint density at radius 3 is 1.45 bits per heavy atom. The molecule has 11 heavy (non-hydrogen) atoms. The van der Waals surface area contributed by atoms with Crippen LogP contribution in [-0.4, -0.2) is 51.7 Å². The fourth-order valence-corrected chi connectivity index (χ4v) is 0.391. The fourth-order valence-electron chi connectivity index (χ4n) is 0.391. The summed E-state index contributed by atoms with van der Waals surface area (Å²) in [5, 5.41) is 16.1. The van der Waals surface area contributed by atoms with Crippen LogP contribution in [0.15, 0.2) is 0 Å². The number of rotatable bonds is 4. The standard InChI is InChI=1S/C5H8O4.ClH.Na.H/c6-4(7)2-1-3-5(8)9;;;/h1-3H2,(H,6,7)(H,8,9);1H;;. The molecular formula is C5H10ClNaO4. The van der Waals surface area contributed by atoms with E-state index in [4.69, 9.17) is 10.2 Å². The van der Waals surface area contributed by atoms with Gasteiger partial charge in [0.25, 0.3) is 0 Å². The van der Waals surface area contributed by atoms with Gasteiger partial charge in [0.05, 0.1) is 0 Å². The number of halogens is 1. The summed E-state index contributed by atoms with van der Waals surface area (Å²) >= 11 is 0. The molecule has 0 spiro atoms. The molecule has 0 unspecified atom stereocenters. The Labute approximate surface area is 92.7 Å². The van der Waals surface area contributed by atoms with Crippen LogP contribution < -0.4 is 0 Å². The molecule has 0 saturated heterocycles. The molecule has 0 atom stereocenters. The molecule has 0 aliphatic heterocycles. The van der Waals surface area contributed by atoms with Crippen molar-refractivity contribution in [2.24, 2.45) is 0 Å². The van der Waals surface area contributed by atoms with Gasteiger partial charge in [0.1, 0.15) is 0 Å². The SMILES string of the molecule is Cl.O=C(O)CCCC(=O)O.[NaH]. The molecule has 0 aromatic rings. The van der Waals surface area contributed by atoms with Gasteiger partial charge in [-0.05, 0) is 6.42 Å². The first-order valence-corrected chi connectivity index (χ1v) is 2.56. The molecule has 0 radical (unpaired) electrons. The van der Waals surface area contributed by atoms with E-state index in [9.17, 15) is 9.59 Å². The second-order valence-corrected chi connectivity index (χ2v) is 1.64. The number of hydrogen-bond acceptors (Lipinski definition) is 2. The molecule has 0 heterocycles. The summed E-state index contributed by atoms with van der Waals surface area (Å²) in [6, 6.07) is 0. The molecular weight excluding hydrogens is 182 g/mol. The molecule has 4 nitrogen and oxygen atoms in total. The molecule has 62 valence electrons. The number of carboxylic acid groups (broad SMARTS) is 2. The predicted octanol–water partition coefficient (Wildman–Crippen LogP) is 0.0992. The van der Waals surface area contributed by atoms with Crippen molar-refractivity contribution in [1.82, 2.24) is 0 Å². The average molecular weight is 193 g/mol. The van der Waals surface area contributed by atoms with Crippen LogP contribution in [0.2, 0.25) is 0 Å². The molecule has 6 heteroatoms. The molecule has 2 N–H and O–H groups in total. The molecule has 0 bridgehead atoms. The zero-order chi connectivity index (χ0) is 7.28. The third kappa shape index (κ3) is 17.9. The Kier molecular flexibility index (Phi) is 16.1. The van der Waals surface area contributed by atoms with Crippen molar-refractivity contribution in [2.75, 3.05) is 0 Å². The Hall–Kier alpha value is 0.230. The van der Waals surface area contributed by atoms with E-state index in [1.54, 1.807) is 0 Å². The second-order valence-electron chi connectivity index (χ2n) is 1.64. The van der Waals surface area contributed by atoms with Crippen molar-refractivity contribution in [2.45, 2.75) is 19.3 Å². The molecule has 0 saturated carbocycles. The van der Waals surface area contributed by atoms with E-state index >= 15 is 0 Å². The topological polar surface area (TPSA) is 74.6 Å². The number of carbonyl (C=O) groups is 2. The van der Waals surface area contributed by atoms with Crippen LogP contribution in [-0.2, 0) is 9.59 Å². The first-order chi connectivity index (χ1) is 4.13.